The summed E-state index contributed by atoms with van der Waals surface area (Å²) in [4.78, 5) is 31.9. The van der Waals surface area contributed by atoms with Crippen LogP contribution in [0.4, 0.5) is 31.2 Å². The number of halogens is 2. The second kappa shape index (κ2) is 11.9. The summed E-state index contributed by atoms with van der Waals surface area (Å²) < 4.78 is 28.4. The van der Waals surface area contributed by atoms with Crippen molar-refractivity contribution in [2.75, 3.05) is 43.2 Å². The molecule has 2 N–H and O–H groups in total. The third-order valence-electron chi connectivity index (χ3n) is 7.14. The summed E-state index contributed by atoms with van der Waals surface area (Å²) in [6.45, 7) is 1.95. The molecule has 3 heterocycles. The van der Waals surface area contributed by atoms with Crippen LogP contribution in [0.15, 0.2) is 72.9 Å². The van der Waals surface area contributed by atoms with Crippen LogP contribution in [0.5, 0.6) is 0 Å². The maximum absolute atomic E-state index is 14.2. The van der Waals surface area contributed by atoms with Crippen molar-refractivity contribution in [3.63, 3.8) is 0 Å². The number of nitrogens with one attached hydrogen (secondary N) is 2. The van der Waals surface area contributed by atoms with Crippen molar-refractivity contribution in [1.29, 1.82) is 0 Å². The fraction of sp³-hybridized carbons (Fsp3) is 0.188. The van der Waals surface area contributed by atoms with Gasteiger partial charge in [0, 0.05) is 50.3 Å². The van der Waals surface area contributed by atoms with Gasteiger partial charge < -0.3 is 20.4 Å². The third-order valence-corrected chi connectivity index (χ3v) is 8.38. The van der Waals surface area contributed by atoms with E-state index in [0.717, 1.165) is 47.3 Å². The van der Waals surface area contributed by atoms with Crippen LogP contribution in [-0.4, -0.2) is 53.4 Å². The Kier molecular flexibility index (Phi) is 7.83. The zero-order chi connectivity index (χ0) is 30.1. The molecule has 0 spiro atoms. The van der Waals surface area contributed by atoms with Gasteiger partial charge in [0.25, 0.3) is 5.91 Å². The molecule has 5 aromatic rings. The number of hydrogen-bond acceptors (Lipinski definition) is 8. The number of rotatable bonds is 7. The van der Waals surface area contributed by atoms with Crippen molar-refractivity contribution in [2.45, 2.75) is 13.0 Å². The van der Waals surface area contributed by atoms with Gasteiger partial charge in [0.1, 0.15) is 17.2 Å². The van der Waals surface area contributed by atoms with E-state index < -0.39 is 23.1 Å². The molecule has 0 bridgehead atoms. The summed E-state index contributed by atoms with van der Waals surface area (Å²) in [6, 6.07) is 18.5. The Balaban J connectivity index is 1.31. The van der Waals surface area contributed by atoms with Crippen LogP contribution >= 0.6 is 11.3 Å². The average Bonchev–Trinajstić information content (AvgIpc) is 3.44. The molecule has 1 aliphatic heterocycles. The average molecular weight is 598 g/mol. The zero-order valence-electron chi connectivity index (χ0n) is 23.9. The number of hydrogen-bond donors (Lipinski definition) is 2. The molecular weight excluding hydrogens is 568 g/mol. The van der Waals surface area contributed by atoms with Gasteiger partial charge in [-0.25, -0.2) is 23.7 Å². The topological polar surface area (TPSA) is 86.3 Å². The van der Waals surface area contributed by atoms with E-state index in [1.807, 2.05) is 31.1 Å². The number of fused-ring (bicyclic) bond motifs is 1. The number of likely N-dealkylation sites (N-methyl/N-ethyl adjacent to an activating group) is 1. The first-order chi connectivity index (χ1) is 20.7. The van der Waals surface area contributed by atoms with E-state index in [9.17, 15) is 13.6 Å². The first kappa shape index (κ1) is 28.4. The highest BCUT2D eigenvalue weighted by Gasteiger charge is 2.21. The van der Waals surface area contributed by atoms with Gasteiger partial charge in [-0.15, -0.1) is 0 Å². The molecule has 0 unspecified atom stereocenters. The Labute approximate surface area is 252 Å². The molecule has 218 valence electrons. The van der Waals surface area contributed by atoms with Crippen molar-refractivity contribution in [3.05, 3.63) is 101 Å². The predicted octanol–water partition coefficient (Wildman–Crippen LogP) is 6.60. The lowest BCUT2D eigenvalue weighted by molar-refractivity contribution is 0.101. The predicted molar refractivity (Wildman–Crippen MR) is 167 cm³/mol. The highest BCUT2D eigenvalue weighted by Crippen LogP contribution is 2.40. The number of amides is 1. The maximum Gasteiger partial charge on any atom is 0.261 e. The Morgan fingerprint density at radius 3 is 2.53 bits per heavy atom. The Morgan fingerprint density at radius 2 is 1.74 bits per heavy atom. The summed E-state index contributed by atoms with van der Waals surface area (Å²) >= 11 is 1.47. The van der Waals surface area contributed by atoms with Gasteiger partial charge in [0.05, 0.1) is 16.3 Å². The summed E-state index contributed by atoms with van der Waals surface area (Å²) in [5, 5.41) is 6.72. The van der Waals surface area contributed by atoms with E-state index >= 15 is 0 Å². The first-order valence-corrected chi connectivity index (χ1v) is 14.5. The quantitative estimate of drug-likeness (QED) is 0.219. The number of nitrogens with zero attached hydrogens (tertiary/aromatic N) is 5. The third kappa shape index (κ3) is 6.08. The molecule has 3 aromatic carbocycles. The SMILES string of the molecule is CN1CCc2ccc(Nc3nccc(-c4sc(N(C)C)nc4-c4cccc(NC(=O)c5c(F)cccc5F)c4)n3)cc2C1. The van der Waals surface area contributed by atoms with Crippen molar-refractivity contribution >= 4 is 39.7 Å². The maximum atomic E-state index is 14.2. The van der Waals surface area contributed by atoms with E-state index in [-0.39, 0.29) is 0 Å². The first-order valence-electron chi connectivity index (χ1n) is 13.7. The van der Waals surface area contributed by atoms with Crippen molar-refractivity contribution < 1.29 is 13.6 Å². The second-order valence-corrected chi connectivity index (χ2v) is 11.5. The summed E-state index contributed by atoms with van der Waals surface area (Å²) in [5.41, 5.74) is 5.35. The van der Waals surface area contributed by atoms with E-state index in [0.29, 0.717) is 28.6 Å². The van der Waals surface area contributed by atoms with Gasteiger partial charge in [-0.3, -0.25) is 4.79 Å². The van der Waals surface area contributed by atoms with Crippen LogP contribution in [0, 0.1) is 11.6 Å². The van der Waals surface area contributed by atoms with Crippen LogP contribution in [-0.2, 0) is 13.0 Å². The van der Waals surface area contributed by atoms with Gasteiger partial charge in [-0.1, -0.05) is 35.6 Å². The van der Waals surface area contributed by atoms with Crippen LogP contribution in [0.3, 0.4) is 0 Å². The molecule has 11 heteroatoms. The van der Waals surface area contributed by atoms with E-state index in [1.54, 1.807) is 24.4 Å². The molecule has 0 saturated carbocycles. The molecule has 2 aromatic heterocycles. The number of aromatic nitrogens is 3. The number of anilines is 4. The van der Waals surface area contributed by atoms with E-state index in [1.165, 1.54) is 28.5 Å². The number of thiazole rings is 1. The molecule has 43 heavy (non-hydrogen) atoms. The van der Waals surface area contributed by atoms with E-state index in [2.05, 4.69) is 45.8 Å². The lowest BCUT2D eigenvalue weighted by atomic mass is 9.99. The van der Waals surface area contributed by atoms with Crippen LogP contribution in [0.25, 0.3) is 21.8 Å². The van der Waals surface area contributed by atoms with Gasteiger partial charge >= 0.3 is 0 Å². The molecule has 6 rings (SSSR count). The molecule has 1 aliphatic rings. The van der Waals surface area contributed by atoms with Crippen molar-refractivity contribution in [2.24, 2.45) is 0 Å². The molecule has 0 saturated heterocycles. The molecule has 8 nitrogen and oxygen atoms in total. The Hall–Kier alpha value is -4.74. The van der Waals surface area contributed by atoms with Crippen molar-refractivity contribution in [1.82, 2.24) is 19.9 Å². The van der Waals surface area contributed by atoms with Gasteiger partial charge in [-0.2, -0.15) is 0 Å². The van der Waals surface area contributed by atoms with Crippen LogP contribution in [0.2, 0.25) is 0 Å². The summed E-state index contributed by atoms with van der Waals surface area (Å²) in [6.07, 6.45) is 2.74. The Bertz CT molecular complexity index is 1800. The lowest BCUT2D eigenvalue weighted by Crippen LogP contribution is -2.26. The number of carbonyl (C=O) groups is 1. The van der Waals surface area contributed by atoms with Crippen LogP contribution < -0.4 is 15.5 Å². The molecule has 1 amide bonds. The largest absolute Gasteiger partial charge is 0.354 e. The molecular formula is C32H29F2N7OS. The molecule has 0 atom stereocenters. The van der Waals surface area contributed by atoms with Gasteiger partial charge in [0.2, 0.25) is 5.95 Å². The lowest BCUT2D eigenvalue weighted by Gasteiger charge is -2.25. The number of carbonyl (C=O) groups excluding carboxylic acids is 1. The second-order valence-electron chi connectivity index (χ2n) is 10.6. The molecule has 0 radical (unpaired) electrons. The van der Waals surface area contributed by atoms with Gasteiger partial charge in [-0.05, 0) is 67.1 Å². The fourth-order valence-electron chi connectivity index (χ4n) is 4.97. The highest BCUT2D eigenvalue weighted by atomic mass is 32.1. The minimum Gasteiger partial charge on any atom is -0.354 e. The Morgan fingerprint density at radius 1 is 0.953 bits per heavy atom. The van der Waals surface area contributed by atoms with Gasteiger partial charge in [0.15, 0.2) is 5.13 Å². The van der Waals surface area contributed by atoms with E-state index in [4.69, 9.17) is 9.97 Å². The normalized spacial score (nSPS) is 13.0. The van der Waals surface area contributed by atoms with Crippen LogP contribution in [0.1, 0.15) is 21.5 Å². The van der Waals surface area contributed by atoms with Crippen molar-refractivity contribution in [3.8, 4) is 21.8 Å². The summed E-state index contributed by atoms with van der Waals surface area (Å²) in [7, 11) is 5.94. The standard InChI is InChI=1S/C32H29F2N7OS/c1-40(2)32-39-28(20-6-4-7-22(16-20)36-30(42)27-24(33)8-5-9-25(27)34)29(43-32)26-12-14-35-31(38-26)37-23-11-10-19-13-15-41(3)18-21(19)17-23/h4-12,14,16-17H,13,15,18H2,1-3H3,(H,36,42)(H,35,37,38). The minimum absolute atomic E-state index is 0.374. The number of benzene rings is 3. The fourth-order valence-corrected chi connectivity index (χ4v) is 5.95. The minimum atomic E-state index is -0.929. The molecule has 0 fully saturated rings. The zero-order valence-corrected chi connectivity index (χ0v) is 24.7. The monoisotopic (exact) mass is 597 g/mol. The smallest absolute Gasteiger partial charge is 0.261 e. The summed E-state index contributed by atoms with van der Waals surface area (Å²) in [5.74, 6) is -2.27. The molecule has 0 aliphatic carbocycles. The highest BCUT2D eigenvalue weighted by molar-refractivity contribution is 7.19.